The second-order valence-corrected chi connectivity index (χ2v) is 4.29. The first-order valence-corrected chi connectivity index (χ1v) is 5.57. The van der Waals surface area contributed by atoms with E-state index < -0.39 is 0 Å². The van der Waals surface area contributed by atoms with E-state index in [1.165, 1.54) is 0 Å². The number of aromatic nitrogens is 4. The molecule has 0 aromatic carbocycles. The van der Waals surface area contributed by atoms with Gasteiger partial charge in [-0.1, -0.05) is 0 Å². The Morgan fingerprint density at radius 1 is 1.24 bits per heavy atom. The molecule has 0 bridgehead atoms. The van der Waals surface area contributed by atoms with E-state index in [2.05, 4.69) is 15.1 Å². The monoisotopic (exact) mass is 231 g/mol. The Kier molecular flexibility index (Phi) is 2.83. The molecule has 2 aromatic heterocycles. The number of nitrogen functional groups attached to an aromatic ring is 1. The Bertz CT molecular complexity index is 556. The summed E-state index contributed by atoms with van der Waals surface area (Å²) < 4.78 is 1.85. The van der Waals surface area contributed by atoms with Gasteiger partial charge in [-0.25, -0.2) is 9.67 Å². The van der Waals surface area contributed by atoms with Crippen LogP contribution in [0.3, 0.4) is 0 Å². The van der Waals surface area contributed by atoms with Crippen molar-refractivity contribution in [1.29, 1.82) is 0 Å². The van der Waals surface area contributed by atoms with Gasteiger partial charge in [-0.3, -0.25) is 4.98 Å². The molecule has 90 valence electrons. The van der Waals surface area contributed by atoms with Gasteiger partial charge in [0.2, 0.25) is 0 Å². The van der Waals surface area contributed by atoms with Gasteiger partial charge in [0.05, 0.1) is 12.2 Å². The lowest BCUT2D eigenvalue weighted by Crippen LogP contribution is -2.09. The number of anilines is 1. The molecule has 0 aliphatic carbocycles. The Labute approximate surface area is 101 Å². The normalized spacial score (nSPS) is 10.8. The SMILES string of the molecule is Cc1nc(C)n(Cc2ncc(C)c(N)c2C)n1. The summed E-state index contributed by atoms with van der Waals surface area (Å²) in [6.45, 7) is 8.39. The molecule has 2 rings (SSSR count). The molecule has 0 aliphatic rings. The maximum absolute atomic E-state index is 5.99. The molecule has 0 saturated carbocycles. The van der Waals surface area contributed by atoms with Gasteiger partial charge in [-0.15, -0.1) is 0 Å². The number of hydrogen-bond acceptors (Lipinski definition) is 4. The molecule has 0 unspecified atom stereocenters. The zero-order valence-corrected chi connectivity index (χ0v) is 10.7. The number of aryl methyl sites for hydroxylation is 3. The first-order chi connectivity index (χ1) is 7.99. The summed E-state index contributed by atoms with van der Waals surface area (Å²) in [5, 5.41) is 4.32. The van der Waals surface area contributed by atoms with Crippen LogP contribution in [0.4, 0.5) is 5.69 Å². The Balaban J connectivity index is 2.37. The Morgan fingerprint density at radius 2 is 1.94 bits per heavy atom. The van der Waals surface area contributed by atoms with E-state index in [1.807, 2.05) is 32.4 Å². The van der Waals surface area contributed by atoms with Crippen molar-refractivity contribution in [1.82, 2.24) is 19.7 Å². The summed E-state index contributed by atoms with van der Waals surface area (Å²) >= 11 is 0. The van der Waals surface area contributed by atoms with Gasteiger partial charge in [0.1, 0.15) is 11.6 Å². The summed E-state index contributed by atoms with van der Waals surface area (Å²) in [4.78, 5) is 8.69. The van der Waals surface area contributed by atoms with E-state index in [1.54, 1.807) is 6.20 Å². The number of rotatable bonds is 2. The Hall–Kier alpha value is -1.91. The summed E-state index contributed by atoms with van der Waals surface area (Å²) in [5.41, 5.74) is 9.79. The van der Waals surface area contributed by atoms with Crippen molar-refractivity contribution in [2.45, 2.75) is 34.2 Å². The van der Waals surface area contributed by atoms with E-state index >= 15 is 0 Å². The number of pyridine rings is 1. The van der Waals surface area contributed by atoms with E-state index in [9.17, 15) is 0 Å². The van der Waals surface area contributed by atoms with Gasteiger partial charge < -0.3 is 5.73 Å². The van der Waals surface area contributed by atoms with Gasteiger partial charge in [-0.2, -0.15) is 5.10 Å². The Morgan fingerprint density at radius 3 is 2.53 bits per heavy atom. The molecular formula is C12H17N5. The van der Waals surface area contributed by atoms with Crippen LogP contribution >= 0.6 is 0 Å². The van der Waals surface area contributed by atoms with Crippen LogP contribution in [-0.4, -0.2) is 19.7 Å². The van der Waals surface area contributed by atoms with E-state index in [4.69, 9.17) is 5.73 Å². The van der Waals surface area contributed by atoms with Crippen LogP contribution in [0, 0.1) is 27.7 Å². The van der Waals surface area contributed by atoms with E-state index in [0.29, 0.717) is 6.54 Å². The molecule has 2 aromatic rings. The number of nitrogens with zero attached hydrogens (tertiary/aromatic N) is 4. The molecule has 0 atom stereocenters. The molecule has 0 amide bonds. The molecule has 0 spiro atoms. The maximum Gasteiger partial charge on any atom is 0.147 e. The highest BCUT2D eigenvalue weighted by atomic mass is 15.3. The van der Waals surface area contributed by atoms with Crippen LogP contribution in [0.5, 0.6) is 0 Å². The smallest absolute Gasteiger partial charge is 0.147 e. The van der Waals surface area contributed by atoms with Crippen molar-refractivity contribution >= 4 is 5.69 Å². The molecule has 5 heteroatoms. The lowest BCUT2D eigenvalue weighted by atomic mass is 10.1. The van der Waals surface area contributed by atoms with Gasteiger partial charge in [0, 0.05) is 11.9 Å². The third-order valence-electron chi connectivity index (χ3n) is 2.94. The van der Waals surface area contributed by atoms with Crippen molar-refractivity contribution in [2.24, 2.45) is 0 Å². The molecular weight excluding hydrogens is 214 g/mol. The minimum absolute atomic E-state index is 0.614. The van der Waals surface area contributed by atoms with Gasteiger partial charge in [-0.05, 0) is 38.8 Å². The summed E-state index contributed by atoms with van der Waals surface area (Å²) in [7, 11) is 0. The highest BCUT2D eigenvalue weighted by Crippen LogP contribution is 2.18. The fourth-order valence-corrected chi connectivity index (χ4v) is 1.80. The lowest BCUT2D eigenvalue weighted by molar-refractivity contribution is 0.641. The third kappa shape index (κ3) is 2.13. The van der Waals surface area contributed by atoms with Gasteiger partial charge in [0.15, 0.2) is 0 Å². The third-order valence-corrected chi connectivity index (χ3v) is 2.94. The fraction of sp³-hybridized carbons (Fsp3) is 0.417. The van der Waals surface area contributed by atoms with E-state index in [-0.39, 0.29) is 0 Å². The second-order valence-electron chi connectivity index (χ2n) is 4.29. The quantitative estimate of drug-likeness (QED) is 0.851. The van der Waals surface area contributed by atoms with Crippen LogP contribution < -0.4 is 5.73 Å². The van der Waals surface area contributed by atoms with Crippen molar-refractivity contribution in [3.63, 3.8) is 0 Å². The first kappa shape index (κ1) is 11.6. The van der Waals surface area contributed by atoms with Crippen molar-refractivity contribution < 1.29 is 0 Å². The first-order valence-electron chi connectivity index (χ1n) is 5.57. The summed E-state index contributed by atoms with van der Waals surface area (Å²) in [5.74, 6) is 1.67. The predicted octanol–water partition coefficient (Wildman–Crippen LogP) is 1.54. The highest BCUT2D eigenvalue weighted by molar-refractivity contribution is 5.53. The minimum atomic E-state index is 0.614. The zero-order valence-electron chi connectivity index (χ0n) is 10.7. The topological polar surface area (TPSA) is 69.6 Å². The number of hydrogen-bond donors (Lipinski definition) is 1. The average molecular weight is 231 g/mol. The standard InChI is InChI=1S/C12H17N5/c1-7-5-14-11(8(2)12(7)13)6-17-10(4)15-9(3)16-17/h5H,6H2,1-4H3,(H2,13,14). The second kappa shape index (κ2) is 4.16. The van der Waals surface area contributed by atoms with Crippen LogP contribution in [0.25, 0.3) is 0 Å². The summed E-state index contributed by atoms with van der Waals surface area (Å²) in [6.07, 6.45) is 1.80. The molecule has 0 radical (unpaired) electrons. The highest BCUT2D eigenvalue weighted by Gasteiger charge is 2.09. The van der Waals surface area contributed by atoms with Gasteiger partial charge in [0.25, 0.3) is 0 Å². The molecule has 2 N–H and O–H groups in total. The van der Waals surface area contributed by atoms with E-state index in [0.717, 1.165) is 34.2 Å². The van der Waals surface area contributed by atoms with Crippen LogP contribution in [-0.2, 0) is 6.54 Å². The minimum Gasteiger partial charge on any atom is -0.398 e. The van der Waals surface area contributed by atoms with Crippen LogP contribution in [0.1, 0.15) is 28.5 Å². The van der Waals surface area contributed by atoms with Crippen LogP contribution in [0.2, 0.25) is 0 Å². The number of nitrogens with two attached hydrogens (primary N) is 1. The predicted molar refractivity (Wildman–Crippen MR) is 66.7 cm³/mol. The van der Waals surface area contributed by atoms with Crippen molar-refractivity contribution in [3.8, 4) is 0 Å². The molecule has 0 fully saturated rings. The average Bonchev–Trinajstić information content (AvgIpc) is 2.58. The largest absolute Gasteiger partial charge is 0.398 e. The van der Waals surface area contributed by atoms with Crippen molar-refractivity contribution in [2.75, 3.05) is 5.73 Å². The molecule has 0 saturated heterocycles. The molecule has 2 heterocycles. The van der Waals surface area contributed by atoms with Crippen LogP contribution in [0.15, 0.2) is 6.20 Å². The fourth-order valence-electron chi connectivity index (χ4n) is 1.80. The lowest BCUT2D eigenvalue weighted by Gasteiger charge is -2.10. The molecule has 5 nitrogen and oxygen atoms in total. The zero-order chi connectivity index (χ0) is 12.6. The maximum atomic E-state index is 5.99. The summed E-state index contributed by atoms with van der Waals surface area (Å²) in [6, 6.07) is 0. The van der Waals surface area contributed by atoms with Gasteiger partial charge >= 0.3 is 0 Å². The molecule has 0 aliphatic heterocycles. The van der Waals surface area contributed by atoms with Crippen molar-refractivity contribution in [3.05, 3.63) is 34.7 Å². The molecule has 17 heavy (non-hydrogen) atoms.